The minimum Gasteiger partial charge on any atom is -0.493 e. The molecule has 2 aromatic carbocycles. The summed E-state index contributed by atoms with van der Waals surface area (Å²) in [6, 6.07) is 10.4. The van der Waals surface area contributed by atoms with Crippen molar-refractivity contribution < 1.29 is 23.5 Å². The van der Waals surface area contributed by atoms with E-state index in [2.05, 4.69) is 5.32 Å². The molecule has 3 rings (SSSR count). The van der Waals surface area contributed by atoms with Crippen molar-refractivity contribution in [2.75, 3.05) is 13.7 Å². The van der Waals surface area contributed by atoms with Gasteiger partial charge in [-0.25, -0.2) is 9.18 Å². The van der Waals surface area contributed by atoms with Crippen molar-refractivity contribution in [3.05, 3.63) is 65.1 Å². The summed E-state index contributed by atoms with van der Waals surface area (Å²) < 4.78 is 23.8. The van der Waals surface area contributed by atoms with Gasteiger partial charge < -0.3 is 14.8 Å². The first kappa shape index (κ1) is 18.4. The number of ether oxygens (including phenoxy) is 2. The Hall–Kier alpha value is -3.35. The average Bonchev–Trinajstić information content (AvgIpc) is 2.92. The zero-order valence-corrected chi connectivity index (χ0v) is 15.0. The predicted octanol–water partition coefficient (Wildman–Crippen LogP) is 3.33. The lowest BCUT2D eigenvalue weighted by Gasteiger charge is -2.11. The van der Waals surface area contributed by atoms with Crippen LogP contribution in [-0.2, 0) is 11.3 Å². The molecule has 140 valence electrons. The van der Waals surface area contributed by atoms with Crippen LogP contribution in [-0.4, -0.2) is 30.6 Å². The van der Waals surface area contributed by atoms with Gasteiger partial charge in [-0.1, -0.05) is 18.2 Å². The second-order valence-electron chi connectivity index (χ2n) is 5.85. The van der Waals surface area contributed by atoms with Crippen molar-refractivity contribution in [1.29, 1.82) is 0 Å². The number of methoxy groups -OCH3 is 1. The zero-order chi connectivity index (χ0) is 19.4. The maximum Gasteiger partial charge on any atom is 0.329 e. The topological polar surface area (TPSA) is 67.9 Å². The first-order valence-electron chi connectivity index (χ1n) is 8.41. The second kappa shape index (κ2) is 7.90. The van der Waals surface area contributed by atoms with Crippen LogP contribution in [0.4, 0.5) is 9.18 Å². The fraction of sp³-hybridized carbons (Fsp3) is 0.200. The van der Waals surface area contributed by atoms with Gasteiger partial charge >= 0.3 is 6.03 Å². The average molecular weight is 370 g/mol. The molecule has 7 heteroatoms. The number of benzene rings is 2. The largest absolute Gasteiger partial charge is 0.493 e. The number of nitrogens with one attached hydrogen (secondary N) is 1. The maximum atomic E-state index is 13.0. The minimum absolute atomic E-state index is 0.0644. The zero-order valence-electron chi connectivity index (χ0n) is 15.0. The molecule has 1 aliphatic rings. The van der Waals surface area contributed by atoms with Gasteiger partial charge in [0.05, 0.1) is 20.3 Å². The molecule has 0 saturated carbocycles. The predicted molar refractivity (Wildman–Crippen MR) is 97.6 cm³/mol. The van der Waals surface area contributed by atoms with Crippen LogP contribution in [0.1, 0.15) is 18.1 Å². The molecule has 1 aliphatic heterocycles. The number of urea groups is 1. The van der Waals surface area contributed by atoms with Crippen LogP contribution in [0.2, 0.25) is 0 Å². The van der Waals surface area contributed by atoms with Crippen LogP contribution < -0.4 is 14.8 Å². The van der Waals surface area contributed by atoms with Crippen LogP contribution in [0, 0.1) is 5.82 Å². The van der Waals surface area contributed by atoms with Crippen molar-refractivity contribution >= 4 is 18.0 Å². The van der Waals surface area contributed by atoms with E-state index in [0.29, 0.717) is 29.2 Å². The normalized spacial score (nSPS) is 15.2. The number of carbonyl (C=O) groups excluding carboxylic acids is 2. The molecule has 0 spiro atoms. The Balaban J connectivity index is 1.80. The Morgan fingerprint density at radius 3 is 2.52 bits per heavy atom. The Kier molecular flexibility index (Phi) is 5.40. The van der Waals surface area contributed by atoms with Gasteiger partial charge in [-0.15, -0.1) is 0 Å². The molecule has 1 N–H and O–H groups in total. The number of nitrogens with zero attached hydrogens (tertiary/aromatic N) is 1. The van der Waals surface area contributed by atoms with E-state index >= 15 is 0 Å². The van der Waals surface area contributed by atoms with Gasteiger partial charge in [-0.2, -0.15) is 0 Å². The smallest absolute Gasteiger partial charge is 0.329 e. The molecule has 3 amide bonds. The van der Waals surface area contributed by atoms with Gasteiger partial charge in [0, 0.05) is 0 Å². The summed E-state index contributed by atoms with van der Waals surface area (Å²) >= 11 is 0. The molecular weight excluding hydrogens is 351 g/mol. The van der Waals surface area contributed by atoms with Gasteiger partial charge in [0.2, 0.25) is 0 Å². The van der Waals surface area contributed by atoms with Crippen molar-refractivity contribution in [2.24, 2.45) is 0 Å². The number of halogens is 1. The molecular formula is C20H19FN2O4. The van der Waals surface area contributed by atoms with Gasteiger partial charge in [0.15, 0.2) is 11.5 Å². The van der Waals surface area contributed by atoms with E-state index in [1.54, 1.807) is 24.3 Å². The molecule has 0 radical (unpaired) electrons. The monoisotopic (exact) mass is 370 g/mol. The summed E-state index contributed by atoms with van der Waals surface area (Å²) in [7, 11) is 1.53. The lowest BCUT2D eigenvalue weighted by molar-refractivity contribution is -0.123. The second-order valence-corrected chi connectivity index (χ2v) is 5.85. The summed E-state index contributed by atoms with van der Waals surface area (Å²) in [6.45, 7) is 2.44. The first-order valence-corrected chi connectivity index (χ1v) is 8.41. The number of hydrogen-bond acceptors (Lipinski definition) is 4. The SMILES string of the molecule is CCOc1ccc(C=C2NC(=O)N(Cc3ccc(F)cc3)C2=O)cc1OC. The van der Waals surface area contributed by atoms with E-state index in [-0.39, 0.29) is 18.1 Å². The van der Waals surface area contributed by atoms with E-state index in [1.807, 2.05) is 6.92 Å². The summed E-state index contributed by atoms with van der Waals surface area (Å²) in [5, 5.41) is 2.56. The number of rotatable bonds is 6. The van der Waals surface area contributed by atoms with Gasteiger partial charge in [-0.3, -0.25) is 9.69 Å². The van der Waals surface area contributed by atoms with Crippen LogP contribution >= 0.6 is 0 Å². The van der Waals surface area contributed by atoms with E-state index in [1.165, 1.54) is 31.4 Å². The Labute approximate surface area is 156 Å². The molecule has 0 aromatic heterocycles. The Bertz CT molecular complexity index is 893. The van der Waals surface area contributed by atoms with Crippen molar-refractivity contribution in [3.8, 4) is 11.5 Å². The molecule has 0 aliphatic carbocycles. The molecule has 0 bridgehead atoms. The molecule has 27 heavy (non-hydrogen) atoms. The molecule has 0 unspecified atom stereocenters. The molecule has 0 atom stereocenters. The van der Waals surface area contributed by atoms with E-state index in [0.717, 1.165) is 4.90 Å². The Morgan fingerprint density at radius 1 is 1.11 bits per heavy atom. The molecule has 1 saturated heterocycles. The van der Waals surface area contributed by atoms with Crippen molar-refractivity contribution in [1.82, 2.24) is 10.2 Å². The van der Waals surface area contributed by atoms with E-state index in [4.69, 9.17) is 9.47 Å². The number of imide groups is 1. The maximum absolute atomic E-state index is 13.0. The first-order chi connectivity index (χ1) is 13.0. The number of carbonyl (C=O) groups is 2. The summed E-state index contributed by atoms with van der Waals surface area (Å²) in [5.74, 6) is 0.311. The number of hydrogen-bond donors (Lipinski definition) is 1. The third-order valence-corrected chi connectivity index (χ3v) is 4.01. The van der Waals surface area contributed by atoms with Gasteiger partial charge in [-0.05, 0) is 48.4 Å². The standard InChI is InChI=1S/C20H19FN2O4/c1-3-27-17-9-6-14(11-18(17)26-2)10-16-19(24)23(20(25)22-16)12-13-4-7-15(21)8-5-13/h4-11H,3,12H2,1-2H3,(H,22,25). The van der Waals surface area contributed by atoms with Crippen LogP contribution in [0.25, 0.3) is 6.08 Å². The highest BCUT2D eigenvalue weighted by Crippen LogP contribution is 2.29. The molecule has 2 aromatic rings. The Morgan fingerprint density at radius 2 is 1.85 bits per heavy atom. The summed E-state index contributed by atoms with van der Waals surface area (Å²) in [5.41, 5.74) is 1.50. The lowest BCUT2D eigenvalue weighted by Crippen LogP contribution is -2.30. The highest BCUT2D eigenvalue weighted by molar-refractivity contribution is 6.13. The lowest BCUT2D eigenvalue weighted by atomic mass is 10.1. The highest BCUT2D eigenvalue weighted by Gasteiger charge is 2.33. The summed E-state index contributed by atoms with van der Waals surface area (Å²) in [6.07, 6.45) is 1.57. The van der Waals surface area contributed by atoms with Crippen LogP contribution in [0.5, 0.6) is 11.5 Å². The van der Waals surface area contributed by atoms with E-state index in [9.17, 15) is 14.0 Å². The van der Waals surface area contributed by atoms with Crippen molar-refractivity contribution in [2.45, 2.75) is 13.5 Å². The minimum atomic E-state index is -0.520. The fourth-order valence-electron chi connectivity index (χ4n) is 2.70. The highest BCUT2D eigenvalue weighted by atomic mass is 19.1. The number of amides is 3. The fourth-order valence-corrected chi connectivity index (χ4v) is 2.70. The van der Waals surface area contributed by atoms with Gasteiger partial charge in [0.1, 0.15) is 11.5 Å². The molecule has 1 heterocycles. The quantitative estimate of drug-likeness (QED) is 0.626. The van der Waals surface area contributed by atoms with Crippen LogP contribution in [0.15, 0.2) is 48.2 Å². The van der Waals surface area contributed by atoms with Crippen LogP contribution in [0.3, 0.4) is 0 Å². The van der Waals surface area contributed by atoms with E-state index < -0.39 is 11.9 Å². The summed E-state index contributed by atoms with van der Waals surface area (Å²) in [4.78, 5) is 25.8. The van der Waals surface area contributed by atoms with Gasteiger partial charge in [0.25, 0.3) is 5.91 Å². The molecule has 1 fully saturated rings. The third-order valence-electron chi connectivity index (χ3n) is 4.01. The third kappa shape index (κ3) is 4.08. The van der Waals surface area contributed by atoms with Crippen molar-refractivity contribution in [3.63, 3.8) is 0 Å². The molecule has 6 nitrogen and oxygen atoms in total.